The van der Waals surface area contributed by atoms with Crippen LogP contribution in [0.25, 0.3) is 0 Å². The molecule has 0 saturated carbocycles. The zero-order valence-corrected chi connectivity index (χ0v) is 19.2. The van der Waals surface area contributed by atoms with Crippen molar-refractivity contribution in [3.63, 3.8) is 0 Å². The molecular weight excluding hydrogens is 430 g/mol. The molecule has 1 saturated heterocycles. The van der Waals surface area contributed by atoms with Crippen LogP contribution in [0.3, 0.4) is 0 Å². The largest absolute Gasteiger partial charge is 0.392 e. The van der Waals surface area contributed by atoms with Gasteiger partial charge in [0.1, 0.15) is 0 Å². The third kappa shape index (κ3) is 5.32. The minimum atomic E-state index is -0.502. The smallest absolute Gasteiger partial charge is 0.269 e. The van der Waals surface area contributed by atoms with Gasteiger partial charge in [0, 0.05) is 38.8 Å². The van der Waals surface area contributed by atoms with Gasteiger partial charge in [-0.15, -0.1) is 0 Å². The molecule has 1 heterocycles. The fourth-order valence-corrected chi connectivity index (χ4v) is 4.65. The first-order valence-corrected chi connectivity index (χ1v) is 11.5. The van der Waals surface area contributed by atoms with Gasteiger partial charge in [0.15, 0.2) is 0 Å². The number of rotatable bonds is 8. The lowest BCUT2D eigenvalue weighted by molar-refractivity contribution is -0.385. The number of carbonyl (C=O) groups excluding carboxylic acids is 1. The number of amides is 1. The van der Waals surface area contributed by atoms with Gasteiger partial charge < -0.3 is 10.0 Å². The van der Waals surface area contributed by atoms with E-state index < -0.39 is 23.0 Å². The molecule has 4 rings (SSSR count). The summed E-state index contributed by atoms with van der Waals surface area (Å²) in [4.78, 5) is 28.9. The molecule has 0 aromatic heterocycles. The van der Waals surface area contributed by atoms with E-state index in [4.69, 9.17) is 0 Å². The van der Waals surface area contributed by atoms with Crippen LogP contribution in [0.15, 0.2) is 84.9 Å². The molecule has 1 N–H and O–H groups in total. The summed E-state index contributed by atoms with van der Waals surface area (Å²) < 4.78 is 0. The van der Waals surface area contributed by atoms with Gasteiger partial charge in [0.25, 0.3) is 5.69 Å². The van der Waals surface area contributed by atoms with Crippen LogP contribution in [0.5, 0.6) is 0 Å². The van der Waals surface area contributed by atoms with Crippen LogP contribution < -0.4 is 0 Å². The summed E-state index contributed by atoms with van der Waals surface area (Å²) in [5.74, 6) is -0.591. The summed E-state index contributed by atoms with van der Waals surface area (Å²) in [5, 5.41) is 21.4. The van der Waals surface area contributed by atoms with Gasteiger partial charge in [0.2, 0.25) is 5.91 Å². The molecule has 7 nitrogen and oxygen atoms in total. The Kier molecular flexibility index (Phi) is 7.35. The van der Waals surface area contributed by atoms with Crippen molar-refractivity contribution in [2.75, 3.05) is 26.7 Å². The Labute approximate surface area is 199 Å². The molecule has 1 aliphatic heterocycles. The Bertz CT molecular complexity index is 1080. The summed E-state index contributed by atoms with van der Waals surface area (Å²) in [6.07, 6.45) is 0.281. The molecule has 3 aromatic rings. The highest BCUT2D eigenvalue weighted by molar-refractivity contribution is 5.87. The van der Waals surface area contributed by atoms with Crippen LogP contribution in [0.2, 0.25) is 0 Å². The number of nitro benzene ring substituents is 1. The van der Waals surface area contributed by atoms with Crippen LogP contribution in [-0.2, 0) is 4.79 Å². The van der Waals surface area contributed by atoms with Crippen molar-refractivity contribution in [3.8, 4) is 0 Å². The minimum absolute atomic E-state index is 0.00697. The highest BCUT2D eigenvalue weighted by Gasteiger charge is 2.33. The van der Waals surface area contributed by atoms with E-state index in [1.165, 1.54) is 6.07 Å². The van der Waals surface area contributed by atoms with Crippen LogP contribution in [0.1, 0.15) is 35.1 Å². The molecule has 3 aromatic carbocycles. The molecule has 1 aliphatic rings. The van der Waals surface area contributed by atoms with Crippen LogP contribution >= 0.6 is 0 Å². The molecular formula is C27H29N3O4. The monoisotopic (exact) mass is 459 g/mol. The summed E-state index contributed by atoms with van der Waals surface area (Å²) in [6.45, 7) is 1.72. The Hall–Kier alpha value is -3.55. The number of hydrogen-bond acceptors (Lipinski definition) is 5. The summed E-state index contributed by atoms with van der Waals surface area (Å²) in [6, 6.07) is 25.4. The molecule has 34 heavy (non-hydrogen) atoms. The number of aliphatic hydroxyl groups is 1. The number of non-ortho nitro benzene ring substituents is 1. The molecule has 1 fully saturated rings. The highest BCUT2D eigenvalue weighted by Crippen LogP contribution is 2.32. The molecule has 0 radical (unpaired) electrons. The Morgan fingerprint density at radius 2 is 1.62 bits per heavy atom. The van der Waals surface area contributed by atoms with E-state index in [0.717, 1.165) is 17.7 Å². The number of likely N-dealkylation sites (tertiary alicyclic amines) is 1. The first kappa shape index (κ1) is 23.6. The van der Waals surface area contributed by atoms with Gasteiger partial charge in [-0.2, -0.15) is 0 Å². The van der Waals surface area contributed by atoms with Gasteiger partial charge in [-0.25, -0.2) is 0 Å². The number of nitrogens with zero attached hydrogens (tertiary/aromatic N) is 3. The highest BCUT2D eigenvalue weighted by atomic mass is 16.6. The topological polar surface area (TPSA) is 86.9 Å². The molecule has 0 bridgehead atoms. The summed E-state index contributed by atoms with van der Waals surface area (Å²) in [7, 11) is 1.76. The molecule has 0 unspecified atom stereocenters. The Balaban J connectivity index is 1.71. The molecule has 0 aliphatic carbocycles. The van der Waals surface area contributed by atoms with Crippen molar-refractivity contribution < 1.29 is 14.8 Å². The third-order valence-corrected chi connectivity index (χ3v) is 6.47. The maximum absolute atomic E-state index is 14.0. The maximum atomic E-state index is 14.0. The molecule has 1 amide bonds. The van der Waals surface area contributed by atoms with Crippen molar-refractivity contribution in [2.24, 2.45) is 0 Å². The fourth-order valence-electron chi connectivity index (χ4n) is 4.65. The minimum Gasteiger partial charge on any atom is -0.392 e. The number of hydrogen-bond donors (Lipinski definition) is 1. The second kappa shape index (κ2) is 10.6. The predicted octanol–water partition coefficient (Wildman–Crippen LogP) is 3.99. The van der Waals surface area contributed by atoms with Gasteiger partial charge in [-0.3, -0.25) is 19.8 Å². The molecule has 2 atom stereocenters. The summed E-state index contributed by atoms with van der Waals surface area (Å²) in [5.41, 5.74) is 2.47. The maximum Gasteiger partial charge on any atom is 0.269 e. The van der Waals surface area contributed by atoms with Crippen molar-refractivity contribution in [1.29, 1.82) is 0 Å². The lowest BCUT2D eigenvalue weighted by Crippen LogP contribution is -2.41. The molecule has 176 valence electrons. The Morgan fingerprint density at radius 3 is 2.15 bits per heavy atom. The number of carbonyl (C=O) groups is 1. The van der Waals surface area contributed by atoms with E-state index in [1.54, 1.807) is 24.1 Å². The standard InChI is InChI=1S/C27H29N3O4/c1-28(27(32)26(20-9-4-2-5-10-20)21-11-6-3-7-12-21)25(19-29-16-15-24(31)18-29)22-13-8-14-23(17-22)30(33)34/h2-14,17,24-26,31H,15-16,18-19H2,1H3/t24-,25+/m0/s1. The normalized spacial score (nSPS) is 17.0. The number of likely N-dealkylation sites (N-methyl/N-ethyl adjacent to an activating group) is 1. The summed E-state index contributed by atoms with van der Waals surface area (Å²) >= 11 is 0. The second-order valence-corrected chi connectivity index (χ2v) is 8.77. The van der Waals surface area contributed by atoms with E-state index in [0.29, 0.717) is 25.1 Å². The van der Waals surface area contributed by atoms with Crippen LogP contribution in [0, 0.1) is 10.1 Å². The van der Waals surface area contributed by atoms with Gasteiger partial charge in [-0.1, -0.05) is 72.8 Å². The number of aliphatic hydroxyl groups excluding tert-OH is 1. The lowest BCUT2D eigenvalue weighted by atomic mass is 9.89. The third-order valence-electron chi connectivity index (χ3n) is 6.47. The Morgan fingerprint density at radius 1 is 1.03 bits per heavy atom. The van der Waals surface area contributed by atoms with Crippen LogP contribution in [-0.4, -0.2) is 58.5 Å². The van der Waals surface area contributed by atoms with E-state index in [-0.39, 0.29) is 11.6 Å². The van der Waals surface area contributed by atoms with Gasteiger partial charge in [-0.05, 0) is 23.1 Å². The van der Waals surface area contributed by atoms with Crippen LogP contribution in [0.4, 0.5) is 5.69 Å². The fraction of sp³-hybridized carbons (Fsp3) is 0.296. The van der Waals surface area contributed by atoms with Gasteiger partial charge in [0.05, 0.1) is 23.0 Å². The van der Waals surface area contributed by atoms with Crippen molar-refractivity contribution in [3.05, 3.63) is 112 Å². The molecule has 0 spiro atoms. The number of benzene rings is 3. The lowest BCUT2D eigenvalue weighted by Gasteiger charge is -2.34. The first-order valence-electron chi connectivity index (χ1n) is 11.5. The van der Waals surface area contributed by atoms with E-state index in [2.05, 4.69) is 4.90 Å². The molecule has 7 heteroatoms. The average molecular weight is 460 g/mol. The van der Waals surface area contributed by atoms with Gasteiger partial charge >= 0.3 is 0 Å². The SMILES string of the molecule is CN(C(=O)C(c1ccccc1)c1ccccc1)[C@H](CN1CC[C@H](O)C1)c1cccc([N+](=O)[O-])c1. The second-order valence-electron chi connectivity index (χ2n) is 8.77. The van der Waals surface area contributed by atoms with E-state index >= 15 is 0 Å². The van der Waals surface area contributed by atoms with Crippen molar-refractivity contribution >= 4 is 11.6 Å². The average Bonchev–Trinajstić information content (AvgIpc) is 3.28. The predicted molar refractivity (Wildman–Crippen MR) is 130 cm³/mol. The zero-order chi connectivity index (χ0) is 24.1. The van der Waals surface area contributed by atoms with E-state index in [9.17, 15) is 20.0 Å². The van der Waals surface area contributed by atoms with Crippen molar-refractivity contribution in [2.45, 2.75) is 24.5 Å². The zero-order valence-electron chi connectivity index (χ0n) is 19.2. The van der Waals surface area contributed by atoms with Crippen molar-refractivity contribution in [1.82, 2.24) is 9.80 Å². The van der Waals surface area contributed by atoms with E-state index in [1.807, 2.05) is 66.7 Å². The number of β-amino-alcohol motifs (C(OH)–C–C–N with tert-alkyl or cyclic N) is 1. The number of nitro groups is 1. The first-order chi connectivity index (χ1) is 16.4. The quantitative estimate of drug-likeness (QED) is 0.407.